The van der Waals surface area contributed by atoms with Crippen LogP contribution in [-0.2, 0) is 4.79 Å². The molecule has 0 aromatic rings. The third kappa shape index (κ3) is 3.52. The second kappa shape index (κ2) is 5.18. The van der Waals surface area contributed by atoms with Crippen LogP contribution in [0.3, 0.4) is 0 Å². The van der Waals surface area contributed by atoms with Gasteiger partial charge >= 0.3 is 5.97 Å². The zero-order valence-electron chi connectivity index (χ0n) is 9.18. The summed E-state index contributed by atoms with van der Waals surface area (Å²) in [4.78, 5) is 11.0. The van der Waals surface area contributed by atoms with E-state index in [0.717, 1.165) is 31.3 Å². The summed E-state index contributed by atoms with van der Waals surface area (Å²) < 4.78 is 0. The topological polar surface area (TPSA) is 37.3 Å². The maximum absolute atomic E-state index is 11.0. The van der Waals surface area contributed by atoms with Gasteiger partial charge in [-0.2, -0.15) is 0 Å². The molecule has 0 aliphatic heterocycles. The number of carbonyl (C=O) groups is 1. The molecular weight excluding hydrogens is 176 g/mol. The summed E-state index contributed by atoms with van der Waals surface area (Å²) in [7, 11) is 0. The van der Waals surface area contributed by atoms with E-state index in [2.05, 4.69) is 6.92 Å². The highest BCUT2D eigenvalue weighted by Crippen LogP contribution is 2.36. The van der Waals surface area contributed by atoms with Crippen molar-refractivity contribution in [3.8, 4) is 0 Å². The Labute approximate surface area is 86.0 Å². The van der Waals surface area contributed by atoms with Crippen molar-refractivity contribution >= 4 is 5.97 Å². The van der Waals surface area contributed by atoms with Crippen LogP contribution in [-0.4, -0.2) is 11.1 Å². The second-order valence-corrected chi connectivity index (χ2v) is 4.32. The molecule has 80 valence electrons. The van der Waals surface area contributed by atoms with E-state index in [1.165, 1.54) is 12.8 Å². The van der Waals surface area contributed by atoms with Gasteiger partial charge in [-0.25, -0.2) is 4.79 Å². The molecule has 1 rings (SSSR count). The van der Waals surface area contributed by atoms with Gasteiger partial charge in [0.15, 0.2) is 0 Å². The standard InChI is InChI=1S/C12H20O2/c1-3-4-5-9(2)11(12(13)14)8-10-6-7-10/h10H,3-8H2,1-2H3,(H,13,14). The maximum atomic E-state index is 11.0. The fourth-order valence-corrected chi connectivity index (χ4v) is 1.65. The number of unbranched alkanes of at least 4 members (excludes halogenated alkanes) is 1. The lowest BCUT2D eigenvalue weighted by atomic mass is 9.99. The second-order valence-electron chi connectivity index (χ2n) is 4.32. The molecule has 0 spiro atoms. The molecule has 0 radical (unpaired) electrons. The Morgan fingerprint density at radius 2 is 2.07 bits per heavy atom. The number of allylic oxidation sites excluding steroid dienone is 1. The maximum Gasteiger partial charge on any atom is 0.331 e. The van der Waals surface area contributed by atoms with Crippen molar-refractivity contribution in [1.29, 1.82) is 0 Å². The number of hydrogen-bond donors (Lipinski definition) is 1. The molecule has 0 unspecified atom stereocenters. The average molecular weight is 196 g/mol. The Balaban J connectivity index is 2.56. The normalized spacial score (nSPS) is 17.9. The molecule has 1 N–H and O–H groups in total. The number of carboxylic acid groups (broad SMARTS) is 1. The van der Waals surface area contributed by atoms with Crippen LogP contribution in [0.25, 0.3) is 0 Å². The van der Waals surface area contributed by atoms with Crippen molar-refractivity contribution in [3.05, 3.63) is 11.1 Å². The van der Waals surface area contributed by atoms with E-state index >= 15 is 0 Å². The van der Waals surface area contributed by atoms with Gasteiger partial charge in [-0.05, 0) is 44.9 Å². The molecule has 2 nitrogen and oxygen atoms in total. The van der Waals surface area contributed by atoms with E-state index in [-0.39, 0.29) is 0 Å². The fourth-order valence-electron chi connectivity index (χ4n) is 1.65. The zero-order valence-corrected chi connectivity index (χ0v) is 9.18. The minimum Gasteiger partial charge on any atom is -0.478 e. The predicted molar refractivity (Wildman–Crippen MR) is 57.2 cm³/mol. The van der Waals surface area contributed by atoms with Gasteiger partial charge in [-0.1, -0.05) is 18.9 Å². The van der Waals surface area contributed by atoms with Gasteiger partial charge < -0.3 is 5.11 Å². The van der Waals surface area contributed by atoms with E-state index in [9.17, 15) is 4.79 Å². The lowest BCUT2D eigenvalue weighted by molar-refractivity contribution is -0.132. The highest BCUT2D eigenvalue weighted by molar-refractivity contribution is 5.87. The summed E-state index contributed by atoms with van der Waals surface area (Å²) in [6.07, 6.45) is 6.42. The van der Waals surface area contributed by atoms with Crippen LogP contribution in [0.4, 0.5) is 0 Å². The van der Waals surface area contributed by atoms with Gasteiger partial charge in [0.25, 0.3) is 0 Å². The quantitative estimate of drug-likeness (QED) is 0.661. The third-order valence-corrected chi connectivity index (χ3v) is 2.87. The van der Waals surface area contributed by atoms with Crippen LogP contribution >= 0.6 is 0 Å². The highest BCUT2D eigenvalue weighted by Gasteiger charge is 2.25. The molecule has 0 atom stereocenters. The third-order valence-electron chi connectivity index (χ3n) is 2.87. The van der Waals surface area contributed by atoms with Gasteiger partial charge in [-0.15, -0.1) is 0 Å². The van der Waals surface area contributed by atoms with E-state index in [1.54, 1.807) is 0 Å². The molecule has 0 bridgehead atoms. The Hall–Kier alpha value is -0.790. The van der Waals surface area contributed by atoms with E-state index < -0.39 is 5.97 Å². The van der Waals surface area contributed by atoms with Crippen molar-refractivity contribution < 1.29 is 9.90 Å². The molecule has 0 heterocycles. The van der Waals surface area contributed by atoms with Crippen molar-refractivity contribution in [1.82, 2.24) is 0 Å². The van der Waals surface area contributed by atoms with Crippen LogP contribution in [0.5, 0.6) is 0 Å². The Morgan fingerprint density at radius 3 is 2.50 bits per heavy atom. The SMILES string of the molecule is CCCCC(C)=C(CC1CC1)C(=O)O. The monoisotopic (exact) mass is 196 g/mol. The van der Waals surface area contributed by atoms with Crippen molar-refractivity contribution in [3.63, 3.8) is 0 Å². The summed E-state index contributed by atoms with van der Waals surface area (Å²) in [6, 6.07) is 0. The Morgan fingerprint density at radius 1 is 1.43 bits per heavy atom. The Bertz CT molecular complexity index is 237. The van der Waals surface area contributed by atoms with Crippen LogP contribution in [0, 0.1) is 5.92 Å². The largest absolute Gasteiger partial charge is 0.478 e. The minimum absolute atomic E-state index is 0.665. The molecule has 2 heteroatoms. The molecule has 0 amide bonds. The molecule has 1 fully saturated rings. The predicted octanol–water partition coefficient (Wildman–Crippen LogP) is 3.38. The lowest BCUT2D eigenvalue weighted by Crippen LogP contribution is -2.04. The lowest BCUT2D eigenvalue weighted by Gasteiger charge is -2.07. The summed E-state index contributed by atoms with van der Waals surface area (Å²) in [5.74, 6) is -0.0387. The molecule has 0 saturated heterocycles. The van der Waals surface area contributed by atoms with Gasteiger partial charge in [-0.3, -0.25) is 0 Å². The van der Waals surface area contributed by atoms with Crippen molar-refractivity contribution in [2.75, 3.05) is 0 Å². The minimum atomic E-state index is -0.703. The van der Waals surface area contributed by atoms with Crippen LogP contribution < -0.4 is 0 Å². The first kappa shape index (κ1) is 11.3. The first-order chi connectivity index (χ1) is 6.65. The molecule has 1 aliphatic rings. The number of hydrogen-bond acceptors (Lipinski definition) is 1. The molecule has 0 aromatic heterocycles. The first-order valence-corrected chi connectivity index (χ1v) is 5.57. The van der Waals surface area contributed by atoms with Gasteiger partial charge in [0.2, 0.25) is 0 Å². The average Bonchev–Trinajstić information content (AvgIpc) is 2.93. The van der Waals surface area contributed by atoms with Crippen LogP contribution in [0.15, 0.2) is 11.1 Å². The smallest absolute Gasteiger partial charge is 0.331 e. The zero-order chi connectivity index (χ0) is 10.6. The van der Waals surface area contributed by atoms with E-state index in [1.807, 2.05) is 6.92 Å². The molecule has 1 aliphatic carbocycles. The number of aliphatic carboxylic acids is 1. The summed E-state index contributed by atoms with van der Waals surface area (Å²) >= 11 is 0. The fraction of sp³-hybridized carbons (Fsp3) is 0.750. The summed E-state index contributed by atoms with van der Waals surface area (Å²) in [5.41, 5.74) is 1.77. The van der Waals surface area contributed by atoms with E-state index in [0.29, 0.717) is 11.5 Å². The molecule has 14 heavy (non-hydrogen) atoms. The van der Waals surface area contributed by atoms with Crippen molar-refractivity contribution in [2.45, 2.75) is 52.4 Å². The summed E-state index contributed by atoms with van der Waals surface area (Å²) in [5, 5.41) is 9.06. The summed E-state index contributed by atoms with van der Waals surface area (Å²) in [6.45, 7) is 4.11. The van der Waals surface area contributed by atoms with Crippen molar-refractivity contribution in [2.24, 2.45) is 5.92 Å². The highest BCUT2D eigenvalue weighted by atomic mass is 16.4. The number of carboxylic acids is 1. The van der Waals surface area contributed by atoms with Gasteiger partial charge in [0.1, 0.15) is 0 Å². The van der Waals surface area contributed by atoms with Gasteiger partial charge in [0, 0.05) is 5.57 Å². The van der Waals surface area contributed by atoms with E-state index in [4.69, 9.17) is 5.11 Å². The number of rotatable bonds is 6. The van der Waals surface area contributed by atoms with Gasteiger partial charge in [0.05, 0.1) is 0 Å². The Kier molecular flexibility index (Phi) is 4.18. The molecule has 0 aromatic carbocycles. The molecular formula is C12H20O2. The first-order valence-electron chi connectivity index (χ1n) is 5.57. The van der Waals surface area contributed by atoms with Crippen LogP contribution in [0.2, 0.25) is 0 Å². The molecule has 1 saturated carbocycles. The van der Waals surface area contributed by atoms with Crippen LogP contribution in [0.1, 0.15) is 52.4 Å².